The standard InChI is InChI=1S/C14H17NO3/c16-9-10-18-13-6-4-5-12(11-13)14(17)15-7-2-1-3-8-15/h4-6,9,11H,1-3,7-8,10H2. The van der Waals surface area contributed by atoms with Crippen LogP contribution in [0.15, 0.2) is 24.3 Å². The molecule has 1 aliphatic heterocycles. The van der Waals surface area contributed by atoms with E-state index in [9.17, 15) is 9.59 Å². The zero-order chi connectivity index (χ0) is 12.8. The van der Waals surface area contributed by atoms with Crippen molar-refractivity contribution in [1.82, 2.24) is 4.90 Å². The van der Waals surface area contributed by atoms with Crippen LogP contribution in [0.4, 0.5) is 0 Å². The topological polar surface area (TPSA) is 46.6 Å². The summed E-state index contributed by atoms with van der Waals surface area (Å²) in [6.45, 7) is 1.68. The fourth-order valence-corrected chi connectivity index (χ4v) is 2.13. The molecule has 2 rings (SSSR count). The van der Waals surface area contributed by atoms with Gasteiger partial charge in [0.25, 0.3) is 5.91 Å². The SMILES string of the molecule is O=CCOc1cccc(C(=O)N2CCCCC2)c1. The van der Waals surface area contributed by atoms with Crippen LogP contribution in [-0.2, 0) is 4.79 Å². The zero-order valence-electron chi connectivity index (χ0n) is 10.3. The second kappa shape index (κ2) is 6.19. The highest BCUT2D eigenvalue weighted by molar-refractivity contribution is 5.94. The Labute approximate surface area is 107 Å². The lowest BCUT2D eigenvalue weighted by Gasteiger charge is -2.26. The van der Waals surface area contributed by atoms with Gasteiger partial charge < -0.3 is 9.64 Å². The van der Waals surface area contributed by atoms with Gasteiger partial charge in [0, 0.05) is 18.7 Å². The van der Waals surface area contributed by atoms with Crippen molar-refractivity contribution < 1.29 is 14.3 Å². The van der Waals surface area contributed by atoms with Crippen molar-refractivity contribution in [1.29, 1.82) is 0 Å². The van der Waals surface area contributed by atoms with E-state index in [0.717, 1.165) is 25.9 Å². The highest BCUT2D eigenvalue weighted by Crippen LogP contribution is 2.17. The van der Waals surface area contributed by atoms with Gasteiger partial charge in [-0.25, -0.2) is 0 Å². The summed E-state index contributed by atoms with van der Waals surface area (Å²) in [5, 5.41) is 0. The summed E-state index contributed by atoms with van der Waals surface area (Å²) in [5.74, 6) is 0.608. The first-order valence-corrected chi connectivity index (χ1v) is 6.27. The van der Waals surface area contributed by atoms with E-state index in [1.807, 2.05) is 4.90 Å². The number of amides is 1. The Balaban J connectivity index is 2.06. The first-order chi connectivity index (χ1) is 8.81. The number of aldehydes is 1. The molecule has 0 N–H and O–H groups in total. The number of benzene rings is 1. The number of ether oxygens (including phenoxy) is 1. The molecular formula is C14H17NO3. The summed E-state index contributed by atoms with van der Waals surface area (Å²) in [6.07, 6.45) is 4.05. The van der Waals surface area contributed by atoms with Crippen molar-refractivity contribution in [2.24, 2.45) is 0 Å². The van der Waals surface area contributed by atoms with E-state index in [2.05, 4.69) is 0 Å². The van der Waals surface area contributed by atoms with Gasteiger partial charge in [0.1, 0.15) is 12.4 Å². The van der Waals surface area contributed by atoms with Gasteiger partial charge in [-0.1, -0.05) is 6.07 Å². The van der Waals surface area contributed by atoms with Crippen LogP contribution in [0.3, 0.4) is 0 Å². The minimum atomic E-state index is 0.0152. The number of nitrogens with zero attached hydrogens (tertiary/aromatic N) is 1. The molecule has 96 valence electrons. The minimum Gasteiger partial charge on any atom is -0.486 e. The largest absolute Gasteiger partial charge is 0.486 e. The second-order valence-electron chi connectivity index (χ2n) is 4.36. The van der Waals surface area contributed by atoms with Crippen molar-refractivity contribution in [3.05, 3.63) is 29.8 Å². The first-order valence-electron chi connectivity index (χ1n) is 6.27. The molecule has 1 aromatic carbocycles. The number of rotatable bonds is 4. The van der Waals surface area contributed by atoms with Crippen molar-refractivity contribution in [3.63, 3.8) is 0 Å². The fourth-order valence-electron chi connectivity index (χ4n) is 2.13. The lowest BCUT2D eigenvalue weighted by atomic mass is 10.1. The fraction of sp³-hybridized carbons (Fsp3) is 0.429. The lowest BCUT2D eigenvalue weighted by Crippen LogP contribution is -2.35. The van der Waals surface area contributed by atoms with Gasteiger partial charge in [-0.3, -0.25) is 9.59 Å². The molecule has 0 aliphatic carbocycles. The van der Waals surface area contributed by atoms with E-state index < -0.39 is 0 Å². The molecule has 1 aliphatic rings. The molecule has 18 heavy (non-hydrogen) atoms. The molecule has 0 bridgehead atoms. The van der Waals surface area contributed by atoms with Crippen molar-refractivity contribution in [2.45, 2.75) is 19.3 Å². The Morgan fingerprint density at radius 2 is 2.06 bits per heavy atom. The maximum atomic E-state index is 12.2. The maximum absolute atomic E-state index is 12.2. The quantitative estimate of drug-likeness (QED) is 0.763. The number of hydrogen-bond acceptors (Lipinski definition) is 3. The van der Waals surface area contributed by atoms with Gasteiger partial charge in [0.05, 0.1) is 0 Å². The van der Waals surface area contributed by atoms with Crippen LogP contribution in [0.25, 0.3) is 0 Å². The van der Waals surface area contributed by atoms with Gasteiger partial charge in [0.15, 0.2) is 6.29 Å². The molecule has 1 aromatic rings. The minimum absolute atomic E-state index is 0.0152. The molecule has 0 saturated carbocycles. The molecule has 4 heteroatoms. The highest BCUT2D eigenvalue weighted by Gasteiger charge is 2.18. The average Bonchev–Trinajstić information content (AvgIpc) is 2.45. The van der Waals surface area contributed by atoms with Gasteiger partial charge in [-0.15, -0.1) is 0 Å². The third-order valence-corrected chi connectivity index (χ3v) is 3.04. The second-order valence-corrected chi connectivity index (χ2v) is 4.36. The third-order valence-electron chi connectivity index (χ3n) is 3.04. The van der Waals surface area contributed by atoms with Gasteiger partial charge >= 0.3 is 0 Å². The molecule has 1 amide bonds. The van der Waals surface area contributed by atoms with Crippen LogP contribution in [0, 0.1) is 0 Å². The smallest absolute Gasteiger partial charge is 0.253 e. The van der Waals surface area contributed by atoms with Gasteiger partial charge in [-0.2, -0.15) is 0 Å². The highest BCUT2D eigenvalue weighted by atomic mass is 16.5. The Kier molecular flexibility index (Phi) is 4.34. The predicted octanol–water partition coefficient (Wildman–Crippen LogP) is 1.89. The molecule has 4 nitrogen and oxygen atoms in total. The van der Waals surface area contributed by atoms with Crippen LogP contribution in [-0.4, -0.2) is 36.8 Å². The number of carbonyl (C=O) groups is 2. The van der Waals surface area contributed by atoms with Crippen LogP contribution in [0.1, 0.15) is 29.6 Å². The molecular weight excluding hydrogens is 230 g/mol. The zero-order valence-corrected chi connectivity index (χ0v) is 10.3. The number of carbonyl (C=O) groups excluding carboxylic acids is 2. The van der Waals surface area contributed by atoms with Gasteiger partial charge in [-0.05, 0) is 37.5 Å². The van der Waals surface area contributed by atoms with E-state index >= 15 is 0 Å². The molecule has 0 spiro atoms. The van der Waals surface area contributed by atoms with Crippen molar-refractivity contribution >= 4 is 12.2 Å². The summed E-state index contributed by atoms with van der Waals surface area (Å²) in [7, 11) is 0. The summed E-state index contributed by atoms with van der Waals surface area (Å²) in [6, 6.07) is 7.00. The molecule has 1 heterocycles. The van der Waals surface area contributed by atoms with Crippen molar-refractivity contribution in [3.8, 4) is 5.75 Å². The lowest BCUT2D eigenvalue weighted by molar-refractivity contribution is -0.109. The Hall–Kier alpha value is -1.84. The molecule has 0 unspecified atom stereocenters. The Morgan fingerprint density at radius 3 is 2.78 bits per heavy atom. The Bertz CT molecular complexity index is 425. The molecule has 0 radical (unpaired) electrons. The Morgan fingerprint density at radius 1 is 1.28 bits per heavy atom. The monoisotopic (exact) mass is 247 g/mol. The van der Waals surface area contributed by atoms with Crippen LogP contribution in [0.2, 0.25) is 0 Å². The summed E-state index contributed by atoms with van der Waals surface area (Å²) < 4.78 is 5.19. The predicted molar refractivity (Wildman–Crippen MR) is 67.8 cm³/mol. The summed E-state index contributed by atoms with van der Waals surface area (Å²) >= 11 is 0. The van der Waals surface area contributed by atoms with E-state index in [1.165, 1.54) is 6.42 Å². The molecule has 1 saturated heterocycles. The van der Waals surface area contributed by atoms with Crippen LogP contribution < -0.4 is 4.74 Å². The molecule has 0 aromatic heterocycles. The van der Waals surface area contributed by atoms with E-state index in [1.54, 1.807) is 24.3 Å². The first kappa shape index (κ1) is 12.6. The summed E-state index contributed by atoms with van der Waals surface area (Å²) in [4.78, 5) is 24.3. The van der Waals surface area contributed by atoms with Crippen molar-refractivity contribution in [2.75, 3.05) is 19.7 Å². The number of likely N-dealkylation sites (tertiary alicyclic amines) is 1. The number of hydrogen-bond donors (Lipinski definition) is 0. The number of piperidine rings is 1. The van der Waals surface area contributed by atoms with Crippen LogP contribution >= 0.6 is 0 Å². The molecule has 1 fully saturated rings. The van der Waals surface area contributed by atoms with E-state index in [4.69, 9.17) is 4.74 Å². The maximum Gasteiger partial charge on any atom is 0.253 e. The molecule has 0 atom stereocenters. The van der Waals surface area contributed by atoms with Gasteiger partial charge in [0.2, 0.25) is 0 Å². The summed E-state index contributed by atoms with van der Waals surface area (Å²) in [5.41, 5.74) is 0.625. The third kappa shape index (κ3) is 3.09. The normalized spacial score (nSPS) is 15.2. The van der Waals surface area contributed by atoms with Crippen LogP contribution in [0.5, 0.6) is 5.75 Å². The van der Waals surface area contributed by atoms with E-state index in [0.29, 0.717) is 17.6 Å². The van der Waals surface area contributed by atoms with E-state index in [-0.39, 0.29) is 12.5 Å². The average molecular weight is 247 g/mol.